The summed E-state index contributed by atoms with van der Waals surface area (Å²) in [6.07, 6.45) is 2.13. The molecular formula is C16H18ClN5NaO6S2. The molecule has 0 bridgehead atoms. The first-order valence-corrected chi connectivity index (χ1v) is 10.8. The van der Waals surface area contributed by atoms with Crippen molar-refractivity contribution in [1.29, 1.82) is 0 Å². The maximum absolute atomic E-state index is 11.9. The molecule has 1 radical (unpaired) electrons. The van der Waals surface area contributed by atoms with Gasteiger partial charge in [0.1, 0.15) is 23.5 Å². The van der Waals surface area contributed by atoms with Crippen LogP contribution in [-0.2, 0) is 35.4 Å². The number of esters is 1. The van der Waals surface area contributed by atoms with Crippen LogP contribution in [0.2, 0.25) is 0 Å². The smallest absolute Gasteiger partial charge is 0.331 e. The summed E-state index contributed by atoms with van der Waals surface area (Å²) in [5, 5.41) is 14.2. The molecule has 2 rings (SSSR count). The summed E-state index contributed by atoms with van der Waals surface area (Å²) in [6, 6.07) is -0.771. The third-order valence-electron chi connectivity index (χ3n) is 3.26. The van der Waals surface area contributed by atoms with E-state index >= 15 is 0 Å². The average Bonchev–Trinajstić information content (AvgIpc) is 3.16. The largest absolute Gasteiger partial charge is 0.463 e. The minimum absolute atomic E-state index is 0. The van der Waals surface area contributed by atoms with Gasteiger partial charge in [0.15, 0.2) is 11.7 Å². The Morgan fingerprint density at radius 1 is 1.45 bits per heavy atom. The Kier molecular flexibility index (Phi) is 12.7. The van der Waals surface area contributed by atoms with Crippen LogP contribution in [0, 0.1) is 0 Å². The Labute approximate surface area is 213 Å². The Morgan fingerprint density at radius 2 is 2.23 bits per heavy atom. The van der Waals surface area contributed by atoms with Crippen LogP contribution in [0.4, 0.5) is 5.13 Å². The number of halogens is 1. The molecule has 3 N–H and O–H groups in total. The van der Waals surface area contributed by atoms with Crippen molar-refractivity contribution in [2.24, 2.45) is 5.16 Å². The van der Waals surface area contributed by atoms with E-state index in [0.717, 1.165) is 18.0 Å². The summed E-state index contributed by atoms with van der Waals surface area (Å²) in [4.78, 5) is 55.0. The van der Waals surface area contributed by atoms with Gasteiger partial charge in [0, 0.05) is 41.0 Å². The molecule has 1 fully saturated rings. The van der Waals surface area contributed by atoms with Gasteiger partial charge in [-0.2, -0.15) is 0 Å². The number of carbonyl (C=O) groups excluding carboxylic acids is 4. The number of hydrogen-bond donors (Lipinski definition) is 3. The molecule has 2 atom stereocenters. The van der Waals surface area contributed by atoms with Crippen LogP contribution >= 0.6 is 34.7 Å². The SMILES string of the molecule is CCOC(=O)/C=C/S[C@H]1NC(=O)[C@H]1NC(=O)C=NOCc1csc(NC(=O)CCl)n1.[Na]. The van der Waals surface area contributed by atoms with Gasteiger partial charge >= 0.3 is 5.97 Å². The number of ether oxygens (including phenoxy) is 1. The van der Waals surface area contributed by atoms with E-state index in [1.807, 2.05) is 0 Å². The molecule has 31 heavy (non-hydrogen) atoms. The topological polar surface area (TPSA) is 148 Å². The number of oxime groups is 1. The molecule has 0 unspecified atom stereocenters. The van der Waals surface area contributed by atoms with Crippen molar-refractivity contribution in [2.75, 3.05) is 17.8 Å². The van der Waals surface area contributed by atoms with Crippen molar-refractivity contribution in [1.82, 2.24) is 15.6 Å². The van der Waals surface area contributed by atoms with E-state index in [2.05, 4.69) is 26.1 Å². The zero-order valence-corrected chi connectivity index (χ0v) is 21.0. The van der Waals surface area contributed by atoms with Gasteiger partial charge in [-0.1, -0.05) is 5.16 Å². The van der Waals surface area contributed by atoms with E-state index in [1.165, 1.54) is 22.8 Å². The van der Waals surface area contributed by atoms with E-state index in [1.54, 1.807) is 12.3 Å². The summed E-state index contributed by atoms with van der Waals surface area (Å²) >= 11 is 7.74. The summed E-state index contributed by atoms with van der Waals surface area (Å²) in [5.74, 6) is -2.02. The van der Waals surface area contributed by atoms with Gasteiger partial charge in [0.25, 0.3) is 5.91 Å². The minimum Gasteiger partial charge on any atom is -0.463 e. The molecule has 0 aromatic carbocycles. The number of hydrogen-bond acceptors (Lipinski definition) is 10. The number of thioether (sulfide) groups is 1. The van der Waals surface area contributed by atoms with Crippen LogP contribution in [0.3, 0.4) is 0 Å². The van der Waals surface area contributed by atoms with Gasteiger partial charge in [-0.15, -0.1) is 34.7 Å². The molecule has 0 aliphatic carbocycles. The quantitative estimate of drug-likeness (QED) is 0.0745. The molecule has 2 heterocycles. The van der Waals surface area contributed by atoms with Crippen LogP contribution in [0.15, 0.2) is 22.0 Å². The van der Waals surface area contributed by atoms with Crippen molar-refractivity contribution < 1.29 is 28.8 Å². The minimum atomic E-state index is -0.771. The molecule has 0 saturated carbocycles. The summed E-state index contributed by atoms with van der Waals surface area (Å²) in [6.45, 7) is 1.94. The van der Waals surface area contributed by atoms with Gasteiger partial charge in [0.2, 0.25) is 11.8 Å². The number of anilines is 1. The molecule has 0 spiro atoms. The van der Waals surface area contributed by atoms with Crippen molar-refractivity contribution >= 4 is 99.3 Å². The van der Waals surface area contributed by atoms with Gasteiger partial charge < -0.3 is 25.5 Å². The predicted molar refractivity (Wildman–Crippen MR) is 118 cm³/mol. The molecule has 1 aliphatic heterocycles. The van der Waals surface area contributed by atoms with Crippen LogP contribution in [0.1, 0.15) is 12.6 Å². The van der Waals surface area contributed by atoms with E-state index in [9.17, 15) is 19.2 Å². The Balaban J connectivity index is 0.00000480. The summed E-state index contributed by atoms with van der Waals surface area (Å²) in [7, 11) is 0. The number of nitrogens with one attached hydrogen (secondary N) is 3. The monoisotopic (exact) mass is 498 g/mol. The number of rotatable bonds is 11. The Bertz CT molecular complexity index is 852. The molecular weight excluding hydrogens is 481 g/mol. The van der Waals surface area contributed by atoms with Crippen LogP contribution in [0.25, 0.3) is 0 Å². The molecule has 1 aliphatic rings. The fraction of sp³-hybridized carbons (Fsp3) is 0.375. The number of carbonyl (C=O) groups is 4. The number of β-lactam (4-membered cyclic amide) rings is 1. The Morgan fingerprint density at radius 3 is 2.90 bits per heavy atom. The van der Waals surface area contributed by atoms with E-state index in [0.29, 0.717) is 10.8 Å². The zero-order chi connectivity index (χ0) is 21.9. The van der Waals surface area contributed by atoms with Gasteiger partial charge in [0.05, 0.1) is 12.3 Å². The summed E-state index contributed by atoms with van der Waals surface area (Å²) < 4.78 is 4.74. The first-order valence-electron chi connectivity index (χ1n) is 8.48. The molecule has 163 valence electrons. The molecule has 11 nitrogen and oxygen atoms in total. The normalized spacial score (nSPS) is 17.4. The molecule has 3 amide bonds. The number of alkyl halides is 1. The van der Waals surface area contributed by atoms with Crippen LogP contribution < -0.4 is 16.0 Å². The molecule has 15 heteroatoms. The fourth-order valence-electron chi connectivity index (χ4n) is 1.94. The maximum atomic E-state index is 11.9. The first kappa shape index (κ1) is 27.4. The van der Waals surface area contributed by atoms with Crippen molar-refractivity contribution in [2.45, 2.75) is 24.9 Å². The third kappa shape index (κ3) is 9.58. The molecule has 1 saturated heterocycles. The number of aromatic nitrogens is 1. The third-order valence-corrected chi connectivity index (χ3v) is 5.29. The first-order chi connectivity index (χ1) is 14.4. The van der Waals surface area contributed by atoms with Crippen LogP contribution in [-0.4, -0.2) is 88.3 Å². The molecule has 1 aromatic rings. The van der Waals surface area contributed by atoms with Crippen molar-refractivity contribution in [3.05, 3.63) is 22.6 Å². The van der Waals surface area contributed by atoms with Gasteiger partial charge in [-0.25, -0.2) is 9.78 Å². The van der Waals surface area contributed by atoms with E-state index in [-0.39, 0.29) is 60.5 Å². The number of thiazole rings is 1. The molecule has 1 aromatic heterocycles. The second-order valence-corrected chi connectivity index (χ2v) is 7.62. The number of amides is 3. The standard InChI is InChI=1S/C16H18ClN5O6S2.Na/c1-2-27-12(25)3-4-29-15-13(14(26)22-15)20-11(24)6-18-28-7-9-8-30-16(19-9)21-10(23)5-17;/h3-4,6,8,13,15H,2,5,7H2,1H3,(H,20,24)(H,22,26)(H,19,21,23);/b4-3+,18-6?;/t13-,15-;/m1./s1. The van der Waals surface area contributed by atoms with E-state index < -0.39 is 23.3 Å². The van der Waals surface area contributed by atoms with Gasteiger partial charge in [-0.05, 0) is 12.3 Å². The van der Waals surface area contributed by atoms with Gasteiger partial charge in [-0.3, -0.25) is 14.4 Å². The van der Waals surface area contributed by atoms with E-state index in [4.69, 9.17) is 21.2 Å². The Hall–Kier alpha value is -1.64. The second kappa shape index (κ2) is 14.4. The van der Waals surface area contributed by atoms with Crippen molar-refractivity contribution in [3.63, 3.8) is 0 Å². The zero-order valence-electron chi connectivity index (χ0n) is 16.6. The average molecular weight is 499 g/mol. The number of nitrogens with zero attached hydrogens (tertiary/aromatic N) is 2. The second-order valence-electron chi connectivity index (χ2n) is 5.44. The maximum Gasteiger partial charge on any atom is 0.331 e. The fourth-order valence-corrected chi connectivity index (χ4v) is 3.61. The van der Waals surface area contributed by atoms with Crippen molar-refractivity contribution in [3.8, 4) is 0 Å². The van der Waals surface area contributed by atoms with Crippen LogP contribution in [0.5, 0.6) is 0 Å². The summed E-state index contributed by atoms with van der Waals surface area (Å²) in [5.41, 5.74) is 0.505. The predicted octanol–water partition coefficient (Wildman–Crippen LogP) is 0.193.